The summed E-state index contributed by atoms with van der Waals surface area (Å²) in [6.45, 7) is 0. The number of rotatable bonds is 4. The van der Waals surface area contributed by atoms with E-state index >= 15 is 0 Å². The predicted molar refractivity (Wildman–Crippen MR) is 77.5 cm³/mol. The Morgan fingerprint density at radius 3 is 2.65 bits per heavy atom. The Bertz CT molecular complexity index is 663. The zero-order valence-corrected chi connectivity index (χ0v) is 11.4. The Kier molecular flexibility index (Phi) is 3.36. The average molecular weight is 289 g/mol. The van der Waals surface area contributed by atoms with Crippen LogP contribution >= 0.6 is 11.6 Å². The second-order valence-electron chi connectivity index (χ2n) is 4.84. The first-order valence-corrected chi connectivity index (χ1v) is 6.81. The molecule has 1 N–H and O–H groups in total. The minimum absolute atomic E-state index is 0.184. The van der Waals surface area contributed by atoms with Crippen LogP contribution in [0.5, 0.6) is 5.75 Å². The van der Waals surface area contributed by atoms with Gasteiger partial charge in [0.25, 0.3) is 0 Å². The fourth-order valence-corrected chi connectivity index (χ4v) is 2.29. The van der Waals surface area contributed by atoms with Gasteiger partial charge in [0, 0.05) is 10.6 Å². The molecule has 1 saturated carbocycles. The van der Waals surface area contributed by atoms with Gasteiger partial charge in [0.05, 0.1) is 11.7 Å². The molecule has 4 heteroatoms. The predicted octanol–water partition coefficient (Wildman–Crippen LogP) is 4.25. The number of benzene rings is 2. The molecule has 0 saturated heterocycles. The van der Waals surface area contributed by atoms with Crippen molar-refractivity contribution in [1.29, 1.82) is 0 Å². The van der Waals surface area contributed by atoms with Gasteiger partial charge in [0.15, 0.2) is 0 Å². The van der Waals surface area contributed by atoms with E-state index in [2.05, 4.69) is 0 Å². The van der Waals surface area contributed by atoms with Gasteiger partial charge in [0.2, 0.25) is 0 Å². The summed E-state index contributed by atoms with van der Waals surface area (Å²) in [7, 11) is 0. The molecule has 3 nitrogen and oxygen atoms in total. The fourth-order valence-electron chi connectivity index (χ4n) is 2.00. The van der Waals surface area contributed by atoms with Crippen LogP contribution in [0.3, 0.4) is 0 Å². The van der Waals surface area contributed by atoms with E-state index in [1.54, 1.807) is 12.1 Å². The van der Waals surface area contributed by atoms with Gasteiger partial charge in [-0.15, -0.1) is 0 Å². The highest BCUT2D eigenvalue weighted by molar-refractivity contribution is 6.33. The highest BCUT2D eigenvalue weighted by atomic mass is 35.5. The first-order chi connectivity index (χ1) is 9.63. The van der Waals surface area contributed by atoms with Gasteiger partial charge in [-0.25, -0.2) is 4.79 Å². The van der Waals surface area contributed by atoms with E-state index in [0.717, 1.165) is 29.7 Å². The van der Waals surface area contributed by atoms with Gasteiger partial charge in [-0.2, -0.15) is 0 Å². The largest absolute Gasteiger partial charge is 0.490 e. The molecule has 1 aliphatic rings. The molecule has 20 heavy (non-hydrogen) atoms. The second kappa shape index (κ2) is 5.17. The molecule has 1 aliphatic carbocycles. The maximum atomic E-state index is 10.9. The lowest BCUT2D eigenvalue weighted by Crippen LogP contribution is -1.97. The molecule has 102 valence electrons. The Hall–Kier alpha value is -2.00. The zero-order valence-electron chi connectivity index (χ0n) is 10.7. The van der Waals surface area contributed by atoms with Crippen LogP contribution in [0.2, 0.25) is 5.02 Å². The number of carboxylic acids is 1. The minimum Gasteiger partial charge on any atom is -0.490 e. The Morgan fingerprint density at radius 2 is 2.00 bits per heavy atom. The van der Waals surface area contributed by atoms with Crippen LogP contribution in [-0.2, 0) is 0 Å². The van der Waals surface area contributed by atoms with Crippen molar-refractivity contribution in [3.63, 3.8) is 0 Å². The highest BCUT2D eigenvalue weighted by Crippen LogP contribution is 2.33. The molecule has 2 aromatic rings. The SMILES string of the molecule is O=C(O)c1ccc(-c2cccc(OC3CC3)c2)c(Cl)c1. The molecule has 0 aliphatic heterocycles. The van der Waals surface area contributed by atoms with Crippen molar-refractivity contribution in [2.24, 2.45) is 0 Å². The smallest absolute Gasteiger partial charge is 0.335 e. The van der Waals surface area contributed by atoms with Crippen molar-refractivity contribution in [2.75, 3.05) is 0 Å². The number of hydrogen-bond acceptors (Lipinski definition) is 2. The molecule has 0 aromatic heterocycles. The zero-order chi connectivity index (χ0) is 14.1. The maximum absolute atomic E-state index is 10.9. The third-order valence-corrected chi connectivity index (χ3v) is 3.50. The quantitative estimate of drug-likeness (QED) is 0.915. The van der Waals surface area contributed by atoms with E-state index in [0.29, 0.717) is 11.1 Å². The van der Waals surface area contributed by atoms with Crippen LogP contribution in [0.4, 0.5) is 0 Å². The van der Waals surface area contributed by atoms with Crippen LogP contribution in [0.15, 0.2) is 42.5 Å². The summed E-state index contributed by atoms with van der Waals surface area (Å²) in [6, 6.07) is 12.4. The van der Waals surface area contributed by atoms with Crippen LogP contribution in [-0.4, -0.2) is 17.2 Å². The average Bonchev–Trinajstić information content (AvgIpc) is 3.22. The summed E-state index contributed by atoms with van der Waals surface area (Å²) < 4.78 is 5.75. The van der Waals surface area contributed by atoms with Crippen molar-refractivity contribution in [3.8, 4) is 16.9 Å². The topological polar surface area (TPSA) is 46.5 Å². The third-order valence-electron chi connectivity index (χ3n) is 3.19. The third kappa shape index (κ3) is 2.78. The summed E-state index contributed by atoms with van der Waals surface area (Å²) in [5.74, 6) is -0.160. The Labute approximate surface area is 121 Å². The summed E-state index contributed by atoms with van der Waals surface area (Å²) >= 11 is 6.17. The lowest BCUT2D eigenvalue weighted by Gasteiger charge is -2.09. The molecule has 0 spiro atoms. The van der Waals surface area contributed by atoms with E-state index in [1.165, 1.54) is 6.07 Å². The highest BCUT2D eigenvalue weighted by Gasteiger charge is 2.23. The van der Waals surface area contributed by atoms with E-state index in [-0.39, 0.29) is 5.56 Å². The number of carboxylic acid groups (broad SMARTS) is 1. The molecule has 0 atom stereocenters. The molecule has 0 amide bonds. The van der Waals surface area contributed by atoms with Crippen LogP contribution in [0.1, 0.15) is 23.2 Å². The number of halogens is 1. The van der Waals surface area contributed by atoms with E-state index in [9.17, 15) is 4.79 Å². The molecule has 1 fully saturated rings. The van der Waals surface area contributed by atoms with Crippen molar-refractivity contribution in [2.45, 2.75) is 18.9 Å². The van der Waals surface area contributed by atoms with Gasteiger partial charge in [-0.05, 0) is 42.7 Å². The number of aromatic carboxylic acids is 1. The van der Waals surface area contributed by atoms with Crippen molar-refractivity contribution in [3.05, 3.63) is 53.1 Å². The van der Waals surface area contributed by atoms with E-state index in [4.69, 9.17) is 21.4 Å². The van der Waals surface area contributed by atoms with Crippen LogP contribution < -0.4 is 4.74 Å². The van der Waals surface area contributed by atoms with Crippen LogP contribution in [0.25, 0.3) is 11.1 Å². The first kappa shape index (κ1) is 13.0. The summed E-state index contributed by atoms with van der Waals surface area (Å²) in [4.78, 5) is 10.9. The van der Waals surface area contributed by atoms with Gasteiger partial charge in [-0.3, -0.25) is 0 Å². The van der Waals surface area contributed by atoms with Crippen LogP contribution in [0, 0.1) is 0 Å². The second-order valence-corrected chi connectivity index (χ2v) is 5.25. The Morgan fingerprint density at radius 1 is 1.20 bits per heavy atom. The molecule has 0 radical (unpaired) electrons. The van der Waals surface area contributed by atoms with E-state index in [1.807, 2.05) is 24.3 Å². The number of hydrogen-bond donors (Lipinski definition) is 1. The Balaban J connectivity index is 1.93. The molecule has 2 aromatic carbocycles. The van der Waals surface area contributed by atoms with Gasteiger partial charge in [-0.1, -0.05) is 29.8 Å². The first-order valence-electron chi connectivity index (χ1n) is 6.43. The van der Waals surface area contributed by atoms with Gasteiger partial charge in [0.1, 0.15) is 5.75 Å². The molecule has 0 bridgehead atoms. The van der Waals surface area contributed by atoms with Gasteiger partial charge < -0.3 is 9.84 Å². The lowest BCUT2D eigenvalue weighted by atomic mass is 10.0. The standard InChI is InChI=1S/C16H13ClO3/c17-15-9-11(16(18)19)4-7-14(15)10-2-1-3-13(8-10)20-12-5-6-12/h1-4,7-9,12H,5-6H2,(H,18,19). The van der Waals surface area contributed by atoms with Crippen molar-refractivity contribution in [1.82, 2.24) is 0 Å². The maximum Gasteiger partial charge on any atom is 0.335 e. The summed E-state index contributed by atoms with van der Waals surface area (Å²) in [5.41, 5.74) is 1.91. The molecular formula is C16H13ClO3. The fraction of sp³-hybridized carbons (Fsp3) is 0.188. The summed E-state index contributed by atoms with van der Waals surface area (Å²) in [5, 5.41) is 9.37. The number of ether oxygens (including phenoxy) is 1. The molecule has 0 unspecified atom stereocenters. The molecular weight excluding hydrogens is 276 g/mol. The summed E-state index contributed by atoms with van der Waals surface area (Å²) in [6.07, 6.45) is 2.56. The molecule has 3 rings (SSSR count). The van der Waals surface area contributed by atoms with Crippen molar-refractivity contribution < 1.29 is 14.6 Å². The minimum atomic E-state index is -0.982. The van der Waals surface area contributed by atoms with Crippen molar-refractivity contribution >= 4 is 17.6 Å². The van der Waals surface area contributed by atoms with E-state index < -0.39 is 5.97 Å². The monoisotopic (exact) mass is 288 g/mol. The lowest BCUT2D eigenvalue weighted by molar-refractivity contribution is 0.0697. The molecule has 0 heterocycles. The normalized spacial score (nSPS) is 14.1. The number of carbonyl (C=O) groups is 1. The van der Waals surface area contributed by atoms with Gasteiger partial charge >= 0.3 is 5.97 Å².